The molecule has 2 rings (SSSR count). The Morgan fingerprint density at radius 1 is 1.50 bits per heavy atom. The van der Waals surface area contributed by atoms with E-state index in [1.165, 1.54) is 6.07 Å². The summed E-state index contributed by atoms with van der Waals surface area (Å²) in [5.41, 5.74) is 0.498. The summed E-state index contributed by atoms with van der Waals surface area (Å²) in [6.07, 6.45) is 0. The van der Waals surface area contributed by atoms with Gasteiger partial charge >= 0.3 is 0 Å². The molecule has 1 heterocycles. The Morgan fingerprint density at radius 2 is 2.29 bits per heavy atom. The van der Waals surface area contributed by atoms with Gasteiger partial charge in [0.15, 0.2) is 0 Å². The summed E-state index contributed by atoms with van der Waals surface area (Å²) in [4.78, 5) is 0. The van der Waals surface area contributed by atoms with Gasteiger partial charge in [-0.3, -0.25) is 0 Å². The zero-order valence-corrected chi connectivity index (χ0v) is 8.38. The highest BCUT2D eigenvalue weighted by molar-refractivity contribution is 5.59. The number of hydrogen-bond acceptors (Lipinski definition) is 2. The van der Waals surface area contributed by atoms with Gasteiger partial charge in [-0.1, -0.05) is 19.9 Å². The second-order valence-corrected chi connectivity index (χ2v) is 3.92. The molecule has 0 spiro atoms. The fourth-order valence-electron chi connectivity index (χ4n) is 1.53. The third kappa shape index (κ3) is 1.54. The van der Waals surface area contributed by atoms with Crippen LogP contribution in [-0.2, 0) is 0 Å². The molecule has 0 aliphatic carbocycles. The Balaban J connectivity index is 2.29. The number of ether oxygens (including phenoxy) is 1. The van der Waals surface area contributed by atoms with E-state index in [4.69, 9.17) is 4.74 Å². The first-order valence-corrected chi connectivity index (χ1v) is 4.86. The quantitative estimate of drug-likeness (QED) is 0.743. The molecule has 1 unspecified atom stereocenters. The number of rotatable bonds is 1. The molecule has 0 fully saturated rings. The number of benzene rings is 1. The lowest BCUT2D eigenvalue weighted by Crippen LogP contribution is -2.36. The molecule has 2 nitrogen and oxygen atoms in total. The molecule has 0 bridgehead atoms. The van der Waals surface area contributed by atoms with Crippen molar-refractivity contribution in [2.45, 2.75) is 19.9 Å². The van der Waals surface area contributed by atoms with E-state index in [1.54, 1.807) is 12.1 Å². The fraction of sp³-hybridized carbons (Fsp3) is 0.455. The largest absolute Gasteiger partial charge is 0.489 e. The van der Waals surface area contributed by atoms with Gasteiger partial charge in [0, 0.05) is 0 Å². The van der Waals surface area contributed by atoms with Crippen LogP contribution >= 0.6 is 0 Å². The normalized spacial score (nSPS) is 19.9. The Labute approximate surface area is 83.1 Å². The van der Waals surface area contributed by atoms with Gasteiger partial charge in [-0.05, 0) is 18.1 Å². The smallest absolute Gasteiger partial charge is 0.150 e. The predicted molar refractivity (Wildman–Crippen MR) is 54.1 cm³/mol. The first-order valence-electron chi connectivity index (χ1n) is 4.86. The van der Waals surface area contributed by atoms with Gasteiger partial charge < -0.3 is 10.1 Å². The lowest BCUT2D eigenvalue weighted by atomic mass is 10.0. The van der Waals surface area contributed by atoms with Gasteiger partial charge in [0.1, 0.15) is 23.9 Å². The summed E-state index contributed by atoms with van der Waals surface area (Å²) in [6, 6.07) is 5.07. The van der Waals surface area contributed by atoms with Gasteiger partial charge in [-0.15, -0.1) is 0 Å². The Bertz CT molecular complexity index is 338. The van der Waals surface area contributed by atoms with E-state index in [-0.39, 0.29) is 11.9 Å². The zero-order valence-electron chi connectivity index (χ0n) is 8.38. The Morgan fingerprint density at radius 3 is 3.00 bits per heavy atom. The summed E-state index contributed by atoms with van der Waals surface area (Å²) in [6.45, 7) is 4.79. The van der Waals surface area contributed by atoms with Gasteiger partial charge in [0.2, 0.25) is 0 Å². The summed E-state index contributed by atoms with van der Waals surface area (Å²) in [5.74, 6) is 0.803. The number of fused-ring (bicyclic) bond motifs is 1. The van der Waals surface area contributed by atoms with Crippen molar-refractivity contribution in [1.29, 1.82) is 0 Å². The van der Waals surface area contributed by atoms with Gasteiger partial charge in [0.25, 0.3) is 0 Å². The Hall–Kier alpha value is -1.25. The SMILES string of the molecule is CC(C)C1COc2cccc(F)c2N1. The fourth-order valence-corrected chi connectivity index (χ4v) is 1.53. The van der Waals surface area contributed by atoms with Crippen LogP contribution in [0.25, 0.3) is 0 Å². The minimum atomic E-state index is -0.243. The van der Waals surface area contributed by atoms with E-state index in [0.29, 0.717) is 24.0 Å². The monoisotopic (exact) mass is 195 g/mol. The summed E-state index contributed by atoms with van der Waals surface area (Å²) < 4.78 is 18.8. The molecule has 0 radical (unpaired) electrons. The van der Waals surface area contributed by atoms with Crippen molar-refractivity contribution in [3.8, 4) is 5.75 Å². The molecule has 3 heteroatoms. The number of halogens is 1. The predicted octanol–water partition coefficient (Wildman–Crippen LogP) is 2.65. The highest BCUT2D eigenvalue weighted by Gasteiger charge is 2.23. The molecular formula is C11H14FNO. The lowest BCUT2D eigenvalue weighted by Gasteiger charge is -2.30. The topological polar surface area (TPSA) is 21.3 Å². The number of hydrogen-bond donors (Lipinski definition) is 1. The van der Waals surface area contributed by atoms with Crippen molar-refractivity contribution in [3.05, 3.63) is 24.0 Å². The van der Waals surface area contributed by atoms with Crippen molar-refractivity contribution in [1.82, 2.24) is 0 Å². The minimum absolute atomic E-state index is 0.194. The van der Waals surface area contributed by atoms with Crippen LogP contribution in [0.5, 0.6) is 5.75 Å². The highest BCUT2D eigenvalue weighted by Crippen LogP contribution is 2.32. The number of nitrogens with one attached hydrogen (secondary N) is 1. The third-order valence-corrected chi connectivity index (χ3v) is 2.53. The van der Waals surface area contributed by atoms with Crippen molar-refractivity contribution in [2.75, 3.05) is 11.9 Å². The van der Waals surface area contributed by atoms with Crippen LogP contribution in [0.1, 0.15) is 13.8 Å². The first kappa shape index (κ1) is 9.31. The molecule has 1 aromatic rings. The molecule has 1 aliphatic rings. The Kier molecular flexibility index (Phi) is 2.32. The van der Waals surface area contributed by atoms with E-state index in [0.717, 1.165) is 0 Å². The molecule has 0 amide bonds. The molecule has 1 atom stereocenters. The molecule has 14 heavy (non-hydrogen) atoms. The van der Waals surface area contributed by atoms with Gasteiger partial charge in [-0.25, -0.2) is 4.39 Å². The van der Waals surface area contributed by atoms with Crippen LogP contribution in [0.3, 0.4) is 0 Å². The standard InChI is InChI=1S/C11H14FNO/c1-7(2)9-6-14-10-5-3-4-8(12)11(10)13-9/h3-5,7,9,13H,6H2,1-2H3. The molecule has 0 aromatic heterocycles. The molecular weight excluding hydrogens is 181 g/mol. The average molecular weight is 195 g/mol. The van der Waals surface area contributed by atoms with E-state index in [9.17, 15) is 4.39 Å². The van der Waals surface area contributed by atoms with Gasteiger partial charge in [-0.2, -0.15) is 0 Å². The highest BCUT2D eigenvalue weighted by atomic mass is 19.1. The van der Waals surface area contributed by atoms with Crippen molar-refractivity contribution >= 4 is 5.69 Å². The maximum Gasteiger partial charge on any atom is 0.150 e. The second-order valence-electron chi connectivity index (χ2n) is 3.92. The summed E-state index contributed by atoms with van der Waals surface area (Å²) in [7, 11) is 0. The molecule has 1 aliphatic heterocycles. The van der Waals surface area contributed by atoms with Crippen LogP contribution in [0.4, 0.5) is 10.1 Å². The third-order valence-electron chi connectivity index (χ3n) is 2.53. The summed E-state index contributed by atoms with van der Waals surface area (Å²) in [5, 5.41) is 3.16. The molecule has 1 aromatic carbocycles. The second kappa shape index (κ2) is 3.48. The van der Waals surface area contributed by atoms with Crippen LogP contribution in [0.15, 0.2) is 18.2 Å². The van der Waals surface area contributed by atoms with Gasteiger partial charge in [0.05, 0.1) is 6.04 Å². The van der Waals surface area contributed by atoms with Crippen molar-refractivity contribution in [3.63, 3.8) is 0 Å². The first-order chi connectivity index (χ1) is 6.68. The van der Waals surface area contributed by atoms with Crippen LogP contribution < -0.4 is 10.1 Å². The van der Waals surface area contributed by atoms with E-state index >= 15 is 0 Å². The van der Waals surface area contributed by atoms with Crippen LogP contribution in [-0.4, -0.2) is 12.6 Å². The number of anilines is 1. The van der Waals surface area contributed by atoms with Crippen molar-refractivity contribution in [2.24, 2.45) is 5.92 Å². The minimum Gasteiger partial charge on any atom is -0.489 e. The maximum atomic E-state index is 13.4. The molecule has 0 saturated carbocycles. The molecule has 1 N–H and O–H groups in total. The van der Waals surface area contributed by atoms with Crippen LogP contribution in [0, 0.1) is 11.7 Å². The van der Waals surface area contributed by atoms with E-state index in [2.05, 4.69) is 19.2 Å². The lowest BCUT2D eigenvalue weighted by molar-refractivity contribution is 0.255. The van der Waals surface area contributed by atoms with E-state index in [1.807, 2.05) is 0 Å². The molecule has 0 saturated heterocycles. The number of para-hydroxylation sites is 1. The van der Waals surface area contributed by atoms with Crippen molar-refractivity contribution < 1.29 is 9.13 Å². The molecule has 76 valence electrons. The maximum absolute atomic E-state index is 13.4. The zero-order chi connectivity index (χ0) is 10.1. The van der Waals surface area contributed by atoms with E-state index < -0.39 is 0 Å². The average Bonchev–Trinajstić information content (AvgIpc) is 2.18. The summed E-state index contributed by atoms with van der Waals surface area (Å²) >= 11 is 0. The van der Waals surface area contributed by atoms with Crippen LogP contribution in [0.2, 0.25) is 0 Å².